The monoisotopic (exact) mass is 465 g/mol. The molecule has 3 rings (SSSR count). The summed E-state index contributed by atoms with van der Waals surface area (Å²) in [5, 5.41) is 2.72. The number of rotatable bonds is 9. The highest BCUT2D eigenvalue weighted by molar-refractivity contribution is 7.93. The van der Waals surface area contributed by atoms with E-state index in [4.69, 9.17) is 0 Å². The quantitative estimate of drug-likeness (QED) is 0.518. The largest absolute Gasteiger partial charge is 0.381 e. The minimum atomic E-state index is -3.55. The molecule has 170 valence electrons. The highest BCUT2D eigenvalue weighted by atomic mass is 32.2. The lowest BCUT2D eigenvalue weighted by Gasteiger charge is -2.22. The zero-order valence-electron chi connectivity index (χ0n) is 18.0. The number of benzene rings is 2. The van der Waals surface area contributed by atoms with E-state index >= 15 is 0 Å². The summed E-state index contributed by atoms with van der Waals surface area (Å²) in [4.78, 5) is 0.251. The number of anilines is 2. The molecule has 0 heterocycles. The minimum absolute atomic E-state index is 0.0157. The first-order valence-corrected chi connectivity index (χ1v) is 13.7. The maximum Gasteiger partial charge on any atom is 0.240 e. The highest BCUT2D eigenvalue weighted by Crippen LogP contribution is 2.22. The average Bonchev–Trinajstić information content (AvgIpc) is 2.73. The third kappa shape index (κ3) is 6.69. The molecule has 1 aliphatic carbocycles. The molecular weight excluding hydrogens is 434 g/mol. The molecule has 0 aromatic heterocycles. The van der Waals surface area contributed by atoms with Crippen molar-refractivity contribution in [2.45, 2.75) is 68.7 Å². The summed E-state index contributed by atoms with van der Waals surface area (Å²) in [5.74, 6) is 0. The van der Waals surface area contributed by atoms with E-state index in [-0.39, 0.29) is 10.9 Å². The Bertz CT molecular complexity index is 1080. The summed E-state index contributed by atoms with van der Waals surface area (Å²) in [5.41, 5.74) is 2.16. The van der Waals surface area contributed by atoms with Crippen LogP contribution < -0.4 is 14.8 Å². The molecule has 7 nitrogen and oxygen atoms in total. The first-order valence-electron chi connectivity index (χ1n) is 10.6. The van der Waals surface area contributed by atoms with Crippen molar-refractivity contribution in [2.75, 3.05) is 10.0 Å². The Balaban J connectivity index is 1.61. The van der Waals surface area contributed by atoms with Crippen molar-refractivity contribution in [2.24, 2.45) is 0 Å². The van der Waals surface area contributed by atoms with Crippen molar-refractivity contribution in [3.05, 3.63) is 54.1 Å². The highest BCUT2D eigenvalue weighted by Gasteiger charge is 2.22. The predicted molar refractivity (Wildman–Crippen MR) is 125 cm³/mol. The van der Waals surface area contributed by atoms with Gasteiger partial charge in [0.15, 0.2) is 0 Å². The minimum Gasteiger partial charge on any atom is -0.381 e. The summed E-state index contributed by atoms with van der Waals surface area (Å²) in [6.07, 6.45) is 5.07. The number of hydrogen-bond acceptors (Lipinski definition) is 5. The van der Waals surface area contributed by atoms with Gasteiger partial charge < -0.3 is 5.32 Å². The van der Waals surface area contributed by atoms with Crippen molar-refractivity contribution in [3.63, 3.8) is 0 Å². The van der Waals surface area contributed by atoms with Crippen molar-refractivity contribution in [3.8, 4) is 0 Å². The number of nitrogens with one attached hydrogen (secondary N) is 3. The van der Waals surface area contributed by atoms with Gasteiger partial charge in [-0.05, 0) is 62.6 Å². The average molecular weight is 466 g/mol. The van der Waals surface area contributed by atoms with Crippen LogP contribution in [0.25, 0.3) is 0 Å². The second kappa shape index (κ2) is 10.0. The molecule has 0 saturated heterocycles. The van der Waals surface area contributed by atoms with E-state index < -0.39 is 25.3 Å². The van der Waals surface area contributed by atoms with Crippen LogP contribution in [0.5, 0.6) is 0 Å². The molecule has 1 saturated carbocycles. The van der Waals surface area contributed by atoms with Gasteiger partial charge in [-0.25, -0.2) is 21.6 Å². The van der Waals surface area contributed by atoms with E-state index in [1.165, 1.54) is 6.42 Å². The molecule has 31 heavy (non-hydrogen) atoms. The maximum atomic E-state index is 12.7. The second-order valence-electron chi connectivity index (χ2n) is 8.23. The molecule has 2 aromatic rings. The van der Waals surface area contributed by atoms with Crippen molar-refractivity contribution in [1.29, 1.82) is 0 Å². The molecule has 3 N–H and O–H groups in total. The van der Waals surface area contributed by atoms with Crippen LogP contribution in [0.15, 0.2) is 53.4 Å². The summed E-state index contributed by atoms with van der Waals surface area (Å²) in [6, 6.07) is 13.9. The van der Waals surface area contributed by atoms with Crippen molar-refractivity contribution in [1.82, 2.24) is 4.72 Å². The topological polar surface area (TPSA) is 104 Å². The van der Waals surface area contributed by atoms with E-state index in [9.17, 15) is 16.8 Å². The lowest BCUT2D eigenvalue weighted by Crippen LogP contribution is -2.36. The van der Waals surface area contributed by atoms with Gasteiger partial charge in [-0.15, -0.1) is 0 Å². The Hall–Kier alpha value is -2.10. The van der Waals surface area contributed by atoms with Gasteiger partial charge in [-0.3, -0.25) is 4.72 Å². The van der Waals surface area contributed by atoms with Gasteiger partial charge in [0.05, 0.1) is 10.1 Å². The SMILES string of the molecule is CC(C)S(=O)(=O)Nc1ccc(CNc2cccc(S(=O)(=O)NC3CCCCC3)c2)cc1. The molecule has 1 aliphatic rings. The van der Waals surface area contributed by atoms with Crippen molar-refractivity contribution >= 4 is 31.4 Å². The molecule has 2 aromatic carbocycles. The van der Waals surface area contributed by atoms with Crippen LogP contribution in [0.1, 0.15) is 51.5 Å². The van der Waals surface area contributed by atoms with Crippen LogP contribution >= 0.6 is 0 Å². The van der Waals surface area contributed by atoms with Crippen LogP contribution in [0.2, 0.25) is 0 Å². The Morgan fingerprint density at radius 3 is 2.23 bits per heavy atom. The predicted octanol–water partition coefficient (Wildman–Crippen LogP) is 4.06. The molecular formula is C22H31N3O4S2. The van der Waals surface area contributed by atoms with E-state index in [0.717, 1.165) is 31.2 Å². The van der Waals surface area contributed by atoms with Crippen LogP contribution in [0.3, 0.4) is 0 Å². The summed E-state index contributed by atoms with van der Waals surface area (Å²) in [7, 11) is -6.93. The van der Waals surface area contributed by atoms with Crippen LogP contribution in [-0.4, -0.2) is 28.1 Å². The number of hydrogen-bond donors (Lipinski definition) is 3. The normalized spacial score (nSPS) is 15.7. The number of sulfonamides is 2. The lowest BCUT2D eigenvalue weighted by atomic mass is 9.96. The molecule has 0 spiro atoms. The van der Waals surface area contributed by atoms with E-state index in [1.807, 2.05) is 18.2 Å². The summed E-state index contributed by atoms with van der Waals surface area (Å²) >= 11 is 0. The van der Waals surface area contributed by atoms with Gasteiger partial charge in [-0.1, -0.05) is 37.5 Å². The van der Waals surface area contributed by atoms with Gasteiger partial charge in [0.2, 0.25) is 20.0 Å². The standard InChI is InChI=1S/C22H31N3O4S2/c1-17(2)30(26,27)24-20-13-11-18(12-14-20)16-23-21-9-6-10-22(15-21)31(28,29)25-19-7-4-3-5-8-19/h6,9-15,17,19,23-25H,3-5,7-8,16H2,1-2H3. The smallest absolute Gasteiger partial charge is 0.240 e. The van der Waals surface area contributed by atoms with Crippen LogP contribution in [0.4, 0.5) is 11.4 Å². The Labute approximate surface area is 185 Å². The van der Waals surface area contributed by atoms with E-state index in [1.54, 1.807) is 44.2 Å². The fourth-order valence-electron chi connectivity index (χ4n) is 3.46. The molecule has 0 atom stereocenters. The first-order chi connectivity index (χ1) is 14.7. The molecule has 0 amide bonds. The molecule has 0 radical (unpaired) electrons. The van der Waals surface area contributed by atoms with Crippen molar-refractivity contribution < 1.29 is 16.8 Å². The third-order valence-corrected chi connectivity index (χ3v) is 8.68. The molecule has 0 aliphatic heterocycles. The Morgan fingerprint density at radius 2 is 1.58 bits per heavy atom. The first kappa shape index (κ1) is 23.6. The lowest BCUT2D eigenvalue weighted by molar-refractivity contribution is 0.412. The van der Waals surface area contributed by atoms with Gasteiger partial charge in [0, 0.05) is 24.0 Å². The fraction of sp³-hybridized carbons (Fsp3) is 0.455. The molecule has 1 fully saturated rings. The maximum absolute atomic E-state index is 12.7. The zero-order chi connectivity index (χ0) is 22.5. The van der Waals surface area contributed by atoms with E-state index in [2.05, 4.69) is 14.8 Å². The Kier molecular flexibility index (Phi) is 7.61. The third-order valence-electron chi connectivity index (χ3n) is 5.40. The summed E-state index contributed by atoms with van der Waals surface area (Å²) < 4.78 is 54.8. The van der Waals surface area contributed by atoms with Gasteiger partial charge in [0.25, 0.3) is 0 Å². The van der Waals surface area contributed by atoms with Gasteiger partial charge in [-0.2, -0.15) is 0 Å². The van der Waals surface area contributed by atoms with E-state index in [0.29, 0.717) is 17.9 Å². The van der Waals surface area contributed by atoms with Gasteiger partial charge in [0.1, 0.15) is 0 Å². The second-order valence-corrected chi connectivity index (χ2v) is 12.2. The molecule has 9 heteroatoms. The zero-order valence-corrected chi connectivity index (χ0v) is 19.6. The van der Waals surface area contributed by atoms with Crippen LogP contribution in [0, 0.1) is 0 Å². The fourth-order valence-corrected chi connectivity index (χ4v) is 5.51. The van der Waals surface area contributed by atoms with Crippen LogP contribution in [-0.2, 0) is 26.6 Å². The summed E-state index contributed by atoms with van der Waals surface area (Å²) in [6.45, 7) is 3.73. The molecule has 0 unspecified atom stereocenters. The molecule has 0 bridgehead atoms. The Morgan fingerprint density at radius 1 is 0.903 bits per heavy atom. The van der Waals surface area contributed by atoms with Gasteiger partial charge >= 0.3 is 0 Å².